The summed E-state index contributed by atoms with van der Waals surface area (Å²) < 4.78 is 32.0. The molecular weight excluding hydrogens is 282 g/mol. The van der Waals surface area contributed by atoms with E-state index in [2.05, 4.69) is 10.0 Å². The third-order valence-electron chi connectivity index (χ3n) is 3.13. The van der Waals surface area contributed by atoms with E-state index in [1.54, 1.807) is 0 Å². The number of carbonyl (C=O) groups is 1. The normalized spacial score (nSPS) is 18.9. The largest absolute Gasteiger partial charge is 0.496 e. The maximum Gasteiger partial charge on any atom is 0.252 e. The van der Waals surface area contributed by atoms with Gasteiger partial charge in [0.15, 0.2) is 0 Å². The molecule has 8 heteroatoms. The number of sulfonamides is 1. The molecule has 1 saturated heterocycles. The van der Waals surface area contributed by atoms with E-state index in [9.17, 15) is 13.2 Å². The summed E-state index contributed by atoms with van der Waals surface area (Å²) in [6, 6.07) is 3.89. The Bertz CT molecular complexity index is 609. The van der Waals surface area contributed by atoms with Crippen LogP contribution in [0, 0.1) is 0 Å². The topological polar surface area (TPSA) is 111 Å². The number of nitrogens with one attached hydrogen (secondary N) is 2. The van der Waals surface area contributed by atoms with Crippen LogP contribution >= 0.6 is 0 Å². The van der Waals surface area contributed by atoms with Gasteiger partial charge in [0.1, 0.15) is 5.75 Å². The van der Waals surface area contributed by atoms with Gasteiger partial charge in [-0.05, 0) is 31.2 Å². The average Bonchev–Trinajstić information content (AvgIpc) is 2.89. The number of ether oxygens (including phenoxy) is 1. The highest BCUT2D eigenvalue weighted by Gasteiger charge is 2.24. The molecule has 0 unspecified atom stereocenters. The second kappa shape index (κ2) is 5.78. The molecule has 7 nitrogen and oxygen atoms in total. The molecule has 4 N–H and O–H groups in total. The van der Waals surface area contributed by atoms with E-state index in [0.29, 0.717) is 6.54 Å². The van der Waals surface area contributed by atoms with Crippen LogP contribution in [0.25, 0.3) is 0 Å². The summed E-state index contributed by atoms with van der Waals surface area (Å²) in [6.07, 6.45) is 0.734. The molecule has 1 aromatic rings. The first kappa shape index (κ1) is 14.8. The zero-order valence-corrected chi connectivity index (χ0v) is 11.9. The van der Waals surface area contributed by atoms with Gasteiger partial charge in [-0.25, -0.2) is 13.1 Å². The standard InChI is InChI=1S/C12H17N3O4S/c1-19-11-3-2-9(6-10(11)12(13)16)20(17,18)15-8-4-5-14-7-8/h2-3,6,8,14-15H,4-5,7H2,1H3,(H2,13,16)/t8-/m0/s1. The van der Waals surface area contributed by atoms with E-state index < -0.39 is 15.9 Å². The van der Waals surface area contributed by atoms with Crippen molar-refractivity contribution in [3.05, 3.63) is 23.8 Å². The van der Waals surface area contributed by atoms with E-state index in [4.69, 9.17) is 10.5 Å². The molecule has 1 aromatic carbocycles. The van der Waals surface area contributed by atoms with Crippen molar-refractivity contribution < 1.29 is 17.9 Å². The van der Waals surface area contributed by atoms with Crippen LogP contribution in [0.2, 0.25) is 0 Å². The minimum absolute atomic E-state index is 0.000926. The van der Waals surface area contributed by atoms with Crippen molar-refractivity contribution in [3.8, 4) is 5.75 Å². The summed E-state index contributed by atoms with van der Waals surface area (Å²) in [7, 11) is -2.29. The van der Waals surface area contributed by atoms with Gasteiger partial charge in [0, 0.05) is 12.6 Å². The predicted octanol–water partition coefficient (Wildman–Crippen LogP) is -0.566. The number of hydrogen-bond donors (Lipinski definition) is 3. The summed E-state index contributed by atoms with van der Waals surface area (Å²) in [6.45, 7) is 1.38. The van der Waals surface area contributed by atoms with Crippen LogP contribution in [0.5, 0.6) is 5.75 Å². The molecular formula is C12H17N3O4S. The van der Waals surface area contributed by atoms with Gasteiger partial charge in [0.2, 0.25) is 10.0 Å². The maximum atomic E-state index is 12.2. The first-order chi connectivity index (χ1) is 9.44. The Morgan fingerprint density at radius 1 is 1.50 bits per heavy atom. The van der Waals surface area contributed by atoms with Crippen LogP contribution < -0.4 is 20.5 Å². The minimum Gasteiger partial charge on any atom is -0.496 e. The summed E-state index contributed by atoms with van der Waals surface area (Å²) in [5.74, 6) is -0.486. The highest BCUT2D eigenvalue weighted by Crippen LogP contribution is 2.22. The first-order valence-electron chi connectivity index (χ1n) is 6.15. The number of benzene rings is 1. The third kappa shape index (κ3) is 3.09. The molecule has 1 heterocycles. The van der Waals surface area contributed by atoms with Crippen molar-refractivity contribution in [2.45, 2.75) is 17.4 Å². The van der Waals surface area contributed by atoms with E-state index in [1.807, 2.05) is 0 Å². The highest BCUT2D eigenvalue weighted by molar-refractivity contribution is 7.89. The van der Waals surface area contributed by atoms with Gasteiger partial charge in [0.05, 0.1) is 17.6 Å². The van der Waals surface area contributed by atoms with Crippen molar-refractivity contribution in [1.82, 2.24) is 10.0 Å². The van der Waals surface area contributed by atoms with Crippen molar-refractivity contribution >= 4 is 15.9 Å². The Kier molecular flexibility index (Phi) is 4.26. The monoisotopic (exact) mass is 299 g/mol. The number of nitrogens with two attached hydrogens (primary N) is 1. The fourth-order valence-corrected chi connectivity index (χ4v) is 3.39. The van der Waals surface area contributed by atoms with Crippen molar-refractivity contribution in [3.63, 3.8) is 0 Å². The molecule has 0 aliphatic carbocycles. The summed E-state index contributed by atoms with van der Waals surface area (Å²) in [5, 5.41) is 3.07. The van der Waals surface area contributed by atoms with Crippen molar-refractivity contribution in [2.75, 3.05) is 20.2 Å². The lowest BCUT2D eigenvalue weighted by atomic mass is 10.2. The highest BCUT2D eigenvalue weighted by atomic mass is 32.2. The van der Waals surface area contributed by atoms with Gasteiger partial charge >= 0.3 is 0 Å². The predicted molar refractivity (Wildman–Crippen MR) is 73.1 cm³/mol. The fraction of sp³-hybridized carbons (Fsp3) is 0.417. The lowest BCUT2D eigenvalue weighted by Crippen LogP contribution is -2.36. The molecule has 0 radical (unpaired) electrons. The van der Waals surface area contributed by atoms with Crippen LogP contribution in [0.15, 0.2) is 23.1 Å². The molecule has 1 amide bonds. The number of amides is 1. The number of methoxy groups -OCH3 is 1. The van der Waals surface area contributed by atoms with Gasteiger partial charge in [-0.3, -0.25) is 4.79 Å². The van der Waals surface area contributed by atoms with Crippen LogP contribution in [0.3, 0.4) is 0 Å². The van der Waals surface area contributed by atoms with E-state index in [0.717, 1.165) is 13.0 Å². The number of carbonyl (C=O) groups excluding carboxylic acids is 1. The quantitative estimate of drug-likeness (QED) is 0.674. The van der Waals surface area contributed by atoms with Crippen molar-refractivity contribution in [2.24, 2.45) is 5.73 Å². The molecule has 0 spiro atoms. The number of primary amides is 1. The summed E-state index contributed by atoms with van der Waals surface area (Å²) >= 11 is 0. The zero-order valence-electron chi connectivity index (χ0n) is 11.0. The molecule has 20 heavy (non-hydrogen) atoms. The lowest BCUT2D eigenvalue weighted by Gasteiger charge is -2.13. The van der Waals surface area contributed by atoms with Crippen LogP contribution in [0.4, 0.5) is 0 Å². The first-order valence-corrected chi connectivity index (χ1v) is 7.63. The summed E-state index contributed by atoms with van der Waals surface area (Å²) in [5.41, 5.74) is 5.26. The van der Waals surface area contributed by atoms with Gasteiger partial charge in [-0.2, -0.15) is 0 Å². The van der Waals surface area contributed by atoms with Crippen LogP contribution in [-0.2, 0) is 10.0 Å². The van der Waals surface area contributed by atoms with E-state index in [1.165, 1.54) is 25.3 Å². The summed E-state index contributed by atoms with van der Waals surface area (Å²) in [4.78, 5) is 11.3. The number of hydrogen-bond acceptors (Lipinski definition) is 5. The zero-order chi connectivity index (χ0) is 14.8. The SMILES string of the molecule is COc1ccc(S(=O)(=O)N[C@H]2CCNC2)cc1C(N)=O. The third-order valence-corrected chi connectivity index (χ3v) is 4.65. The molecule has 1 aliphatic heterocycles. The molecule has 110 valence electrons. The average molecular weight is 299 g/mol. The lowest BCUT2D eigenvalue weighted by molar-refractivity contribution is 0.0997. The molecule has 2 rings (SSSR count). The van der Waals surface area contributed by atoms with E-state index in [-0.39, 0.29) is 22.3 Å². The molecule has 1 aliphatic rings. The van der Waals surface area contributed by atoms with Gasteiger partial charge < -0.3 is 15.8 Å². The molecule has 0 bridgehead atoms. The Morgan fingerprint density at radius 3 is 2.80 bits per heavy atom. The molecule has 1 fully saturated rings. The second-order valence-corrected chi connectivity index (χ2v) is 6.25. The smallest absolute Gasteiger partial charge is 0.252 e. The Balaban J connectivity index is 2.31. The number of rotatable bonds is 5. The van der Waals surface area contributed by atoms with Gasteiger partial charge in [0.25, 0.3) is 5.91 Å². The van der Waals surface area contributed by atoms with Gasteiger partial charge in [-0.1, -0.05) is 0 Å². The van der Waals surface area contributed by atoms with E-state index >= 15 is 0 Å². The Hall–Kier alpha value is -1.64. The Labute approximate surface area is 117 Å². The van der Waals surface area contributed by atoms with Gasteiger partial charge in [-0.15, -0.1) is 0 Å². The second-order valence-electron chi connectivity index (χ2n) is 4.54. The Morgan fingerprint density at radius 2 is 2.25 bits per heavy atom. The molecule has 0 saturated carbocycles. The minimum atomic E-state index is -3.68. The fourth-order valence-electron chi connectivity index (χ4n) is 2.09. The maximum absolute atomic E-state index is 12.2. The van der Waals surface area contributed by atoms with Crippen molar-refractivity contribution in [1.29, 1.82) is 0 Å². The molecule has 1 atom stereocenters. The molecule has 0 aromatic heterocycles. The van der Waals surface area contributed by atoms with Crippen LogP contribution in [-0.4, -0.2) is 40.6 Å². The van der Waals surface area contributed by atoms with Crippen LogP contribution in [0.1, 0.15) is 16.8 Å².